The van der Waals surface area contributed by atoms with Crippen molar-refractivity contribution in [1.82, 2.24) is 0 Å². The average molecular weight is 363 g/mol. The van der Waals surface area contributed by atoms with Crippen molar-refractivity contribution in [2.75, 3.05) is 7.11 Å². The van der Waals surface area contributed by atoms with Gasteiger partial charge in [0.1, 0.15) is 0 Å². The number of ether oxygens (including phenoxy) is 1. The molecule has 0 radical (unpaired) electrons. The Morgan fingerprint density at radius 1 is 0.962 bits per heavy atom. The van der Waals surface area contributed by atoms with Gasteiger partial charge in [-0.05, 0) is 30.4 Å². The summed E-state index contributed by atoms with van der Waals surface area (Å²) in [7, 11) is 1.27. The number of carbonyl (C=O) groups is 2. The Labute approximate surface area is 158 Å². The molecule has 0 saturated heterocycles. The number of carboxylic acid groups (broad SMARTS) is 1. The van der Waals surface area contributed by atoms with Crippen molar-refractivity contribution in [2.24, 2.45) is 5.92 Å². The zero-order chi connectivity index (χ0) is 19.4. The van der Waals surface area contributed by atoms with E-state index in [4.69, 9.17) is 4.74 Å². The zero-order valence-electron chi connectivity index (χ0n) is 16.6. The van der Waals surface area contributed by atoms with Crippen LogP contribution in [0.3, 0.4) is 0 Å². The van der Waals surface area contributed by atoms with Crippen LogP contribution in [0.1, 0.15) is 97.9 Å². The van der Waals surface area contributed by atoms with Crippen molar-refractivity contribution >= 4 is 11.9 Å². The van der Waals surface area contributed by atoms with Gasteiger partial charge >= 0.3 is 11.9 Å². The normalized spacial score (nSPS) is 10.9. The molecule has 0 atom stereocenters. The molecular formula is C22H34O4. The number of esters is 1. The monoisotopic (exact) mass is 362 g/mol. The second-order valence-corrected chi connectivity index (χ2v) is 7.40. The van der Waals surface area contributed by atoms with Gasteiger partial charge < -0.3 is 9.84 Å². The lowest BCUT2D eigenvalue weighted by Gasteiger charge is -2.10. The van der Waals surface area contributed by atoms with Crippen LogP contribution in [0.15, 0.2) is 18.2 Å². The highest BCUT2D eigenvalue weighted by atomic mass is 16.5. The smallest absolute Gasteiger partial charge is 0.338 e. The lowest BCUT2D eigenvalue weighted by molar-refractivity contribution is 0.0582. The number of carbonyl (C=O) groups excluding carboxylic acids is 1. The topological polar surface area (TPSA) is 63.6 Å². The quantitative estimate of drug-likeness (QED) is 0.351. The maximum Gasteiger partial charge on any atom is 0.338 e. The fraction of sp³-hybridized carbons (Fsp3) is 0.636. The summed E-state index contributed by atoms with van der Waals surface area (Å²) in [5.74, 6) is -0.854. The molecule has 0 aliphatic heterocycles. The lowest BCUT2D eigenvalue weighted by atomic mass is 9.96. The number of hydrogen-bond donors (Lipinski definition) is 1. The van der Waals surface area contributed by atoms with E-state index in [1.807, 2.05) is 0 Å². The standard InChI is InChI=1S/C22H34O4/c1-17(2)13-10-8-6-4-5-7-9-11-14-18-15-12-16-19(22(25)26-3)20(18)21(23)24/h12,15-17H,4-11,13-14H2,1-3H3,(H,23,24). The highest BCUT2D eigenvalue weighted by molar-refractivity contribution is 6.03. The summed E-state index contributed by atoms with van der Waals surface area (Å²) in [6.07, 6.45) is 11.8. The molecule has 1 aromatic rings. The summed E-state index contributed by atoms with van der Waals surface area (Å²) in [4.78, 5) is 23.3. The maximum absolute atomic E-state index is 11.8. The Balaban J connectivity index is 2.33. The van der Waals surface area contributed by atoms with Gasteiger partial charge in [-0.1, -0.05) is 77.3 Å². The summed E-state index contributed by atoms with van der Waals surface area (Å²) in [6.45, 7) is 4.55. The average Bonchev–Trinajstić information content (AvgIpc) is 2.61. The van der Waals surface area contributed by atoms with Crippen LogP contribution in [0, 0.1) is 5.92 Å². The van der Waals surface area contributed by atoms with E-state index in [2.05, 4.69) is 13.8 Å². The zero-order valence-corrected chi connectivity index (χ0v) is 16.6. The molecule has 1 N–H and O–H groups in total. The first-order valence-electron chi connectivity index (χ1n) is 9.90. The molecule has 26 heavy (non-hydrogen) atoms. The van der Waals surface area contributed by atoms with Gasteiger partial charge in [0.2, 0.25) is 0 Å². The molecule has 0 bridgehead atoms. The van der Waals surface area contributed by atoms with Crippen LogP contribution in [0.5, 0.6) is 0 Å². The van der Waals surface area contributed by atoms with E-state index in [0.717, 1.165) is 18.8 Å². The van der Waals surface area contributed by atoms with Gasteiger partial charge in [0.25, 0.3) is 0 Å². The molecular weight excluding hydrogens is 328 g/mol. The second-order valence-electron chi connectivity index (χ2n) is 7.40. The third-order valence-corrected chi connectivity index (χ3v) is 4.75. The van der Waals surface area contributed by atoms with Gasteiger partial charge in [-0.25, -0.2) is 9.59 Å². The Morgan fingerprint density at radius 3 is 2.08 bits per heavy atom. The number of aromatic carboxylic acids is 1. The highest BCUT2D eigenvalue weighted by Crippen LogP contribution is 2.19. The van der Waals surface area contributed by atoms with E-state index >= 15 is 0 Å². The van der Waals surface area contributed by atoms with Crippen molar-refractivity contribution < 1.29 is 19.4 Å². The van der Waals surface area contributed by atoms with Gasteiger partial charge in [-0.15, -0.1) is 0 Å². The van der Waals surface area contributed by atoms with E-state index in [9.17, 15) is 14.7 Å². The Bertz CT molecular complexity index is 563. The van der Waals surface area contributed by atoms with E-state index in [1.165, 1.54) is 58.1 Å². The summed E-state index contributed by atoms with van der Waals surface area (Å²) in [6, 6.07) is 5.04. The van der Waals surface area contributed by atoms with Gasteiger partial charge in [-0.2, -0.15) is 0 Å². The second kappa shape index (κ2) is 12.5. The molecule has 0 heterocycles. The predicted molar refractivity (Wildman–Crippen MR) is 105 cm³/mol. The van der Waals surface area contributed by atoms with Crippen LogP contribution in [0.2, 0.25) is 0 Å². The molecule has 0 fully saturated rings. The SMILES string of the molecule is COC(=O)c1cccc(CCCCCCCCCCC(C)C)c1C(=O)O. The van der Waals surface area contributed by atoms with Crippen LogP contribution in [0.4, 0.5) is 0 Å². The fourth-order valence-corrected chi connectivity index (χ4v) is 3.27. The number of carboxylic acids is 1. The Morgan fingerprint density at radius 2 is 1.54 bits per heavy atom. The molecule has 146 valence electrons. The molecule has 4 heteroatoms. The van der Waals surface area contributed by atoms with Crippen LogP contribution in [0.25, 0.3) is 0 Å². The summed E-state index contributed by atoms with van der Waals surface area (Å²) in [5.41, 5.74) is 0.942. The van der Waals surface area contributed by atoms with Gasteiger partial charge in [0.05, 0.1) is 18.2 Å². The van der Waals surface area contributed by atoms with Gasteiger partial charge in [0, 0.05) is 0 Å². The number of rotatable bonds is 13. The number of hydrogen-bond acceptors (Lipinski definition) is 3. The van der Waals surface area contributed by atoms with Crippen LogP contribution >= 0.6 is 0 Å². The van der Waals surface area contributed by atoms with Crippen LogP contribution in [-0.2, 0) is 11.2 Å². The molecule has 0 spiro atoms. The fourth-order valence-electron chi connectivity index (χ4n) is 3.27. The molecule has 0 amide bonds. The van der Waals surface area contributed by atoms with Crippen molar-refractivity contribution in [3.05, 3.63) is 34.9 Å². The summed E-state index contributed by atoms with van der Waals surface area (Å²) in [5, 5.41) is 9.46. The maximum atomic E-state index is 11.8. The molecule has 4 nitrogen and oxygen atoms in total. The summed E-state index contributed by atoms with van der Waals surface area (Å²) >= 11 is 0. The number of benzene rings is 1. The van der Waals surface area contributed by atoms with Gasteiger partial charge in [-0.3, -0.25) is 0 Å². The molecule has 1 rings (SSSR count). The minimum atomic E-state index is -1.07. The van der Waals surface area contributed by atoms with Crippen molar-refractivity contribution in [2.45, 2.75) is 78.1 Å². The lowest BCUT2D eigenvalue weighted by Crippen LogP contribution is -2.13. The van der Waals surface area contributed by atoms with Crippen LogP contribution < -0.4 is 0 Å². The van der Waals surface area contributed by atoms with Gasteiger partial charge in [0.15, 0.2) is 0 Å². The summed E-state index contributed by atoms with van der Waals surface area (Å²) < 4.78 is 4.69. The van der Waals surface area contributed by atoms with E-state index in [1.54, 1.807) is 12.1 Å². The molecule has 0 aliphatic rings. The third-order valence-electron chi connectivity index (χ3n) is 4.75. The van der Waals surface area contributed by atoms with Crippen molar-refractivity contribution in [1.29, 1.82) is 0 Å². The third kappa shape index (κ3) is 8.03. The number of methoxy groups -OCH3 is 1. The first kappa shape index (κ1) is 22.2. The predicted octanol–water partition coefficient (Wildman–Crippen LogP) is 5.88. The van der Waals surface area contributed by atoms with Crippen molar-refractivity contribution in [3.63, 3.8) is 0 Å². The molecule has 0 aliphatic carbocycles. The van der Waals surface area contributed by atoms with E-state index in [0.29, 0.717) is 12.0 Å². The van der Waals surface area contributed by atoms with E-state index < -0.39 is 11.9 Å². The molecule has 0 aromatic heterocycles. The molecule has 0 saturated carbocycles. The van der Waals surface area contributed by atoms with Crippen molar-refractivity contribution in [3.8, 4) is 0 Å². The number of aryl methyl sites for hydroxylation is 1. The minimum absolute atomic E-state index is 0.0875. The molecule has 1 aromatic carbocycles. The molecule has 0 unspecified atom stereocenters. The minimum Gasteiger partial charge on any atom is -0.478 e. The van der Waals surface area contributed by atoms with Crippen LogP contribution in [-0.4, -0.2) is 24.2 Å². The van der Waals surface area contributed by atoms with E-state index in [-0.39, 0.29) is 11.1 Å². The largest absolute Gasteiger partial charge is 0.478 e. The highest BCUT2D eigenvalue weighted by Gasteiger charge is 2.20. The first-order chi connectivity index (χ1) is 12.5. The Hall–Kier alpha value is -1.84. The Kier molecular flexibility index (Phi) is 10.7. The first-order valence-corrected chi connectivity index (χ1v) is 9.90. The number of unbranched alkanes of at least 4 members (excludes halogenated alkanes) is 7.